The van der Waals surface area contributed by atoms with Gasteiger partial charge < -0.3 is 5.32 Å². The van der Waals surface area contributed by atoms with E-state index in [-0.39, 0.29) is 0 Å². The van der Waals surface area contributed by atoms with Crippen LogP contribution in [-0.2, 0) is 16.6 Å². The van der Waals surface area contributed by atoms with Gasteiger partial charge in [0, 0.05) is 33.7 Å². The molecule has 1 saturated heterocycles. The van der Waals surface area contributed by atoms with E-state index in [1.165, 1.54) is 17.8 Å². The third-order valence-corrected chi connectivity index (χ3v) is 5.08. The van der Waals surface area contributed by atoms with Gasteiger partial charge in [0.2, 0.25) is 0 Å². The maximum atomic E-state index is 11.8. The Kier molecular flexibility index (Phi) is 4.13. The molecule has 0 bridgehead atoms. The molecule has 2 heterocycles. The minimum Gasteiger partial charge on any atom is -0.313 e. The van der Waals surface area contributed by atoms with Crippen LogP contribution in [0.25, 0.3) is 0 Å². The van der Waals surface area contributed by atoms with Crippen LogP contribution >= 0.6 is 22.9 Å². The van der Waals surface area contributed by atoms with Gasteiger partial charge in [0.15, 0.2) is 4.47 Å². The van der Waals surface area contributed by atoms with Crippen molar-refractivity contribution in [1.29, 1.82) is 0 Å². The highest BCUT2D eigenvalue weighted by molar-refractivity contribution is 7.84. The van der Waals surface area contributed by atoms with Crippen molar-refractivity contribution in [2.75, 3.05) is 12.3 Å². The number of halogens is 1. The lowest BCUT2D eigenvalue weighted by molar-refractivity contribution is 0.643. The summed E-state index contributed by atoms with van der Waals surface area (Å²) in [5.41, 5.74) is 0. The molecule has 0 aliphatic carbocycles. The van der Waals surface area contributed by atoms with Crippen molar-refractivity contribution >= 4 is 33.7 Å². The highest BCUT2D eigenvalue weighted by Crippen LogP contribution is 2.19. The van der Waals surface area contributed by atoms with E-state index in [0.717, 1.165) is 23.6 Å². The Labute approximate surface area is 101 Å². The van der Waals surface area contributed by atoms with Gasteiger partial charge in [-0.05, 0) is 19.4 Å². The van der Waals surface area contributed by atoms with Gasteiger partial charge in [-0.1, -0.05) is 11.6 Å². The standard InChI is InChI=1S/C9H13ClN2OS2/c10-9-12-4-8(14-9)6-15(13)5-7-2-1-3-11-7/h4,7,11H,1-3,5-6H2/t7-,15-/m1/s1. The van der Waals surface area contributed by atoms with Crippen molar-refractivity contribution < 1.29 is 4.21 Å². The van der Waals surface area contributed by atoms with Gasteiger partial charge in [0.05, 0.1) is 5.75 Å². The van der Waals surface area contributed by atoms with Gasteiger partial charge in [-0.25, -0.2) is 4.98 Å². The Balaban J connectivity index is 1.81. The summed E-state index contributed by atoms with van der Waals surface area (Å²) >= 11 is 7.13. The summed E-state index contributed by atoms with van der Waals surface area (Å²) in [6, 6.07) is 0.439. The smallest absolute Gasteiger partial charge is 0.183 e. The molecule has 1 aliphatic rings. The van der Waals surface area contributed by atoms with Gasteiger partial charge >= 0.3 is 0 Å². The number of rotatable bonds is 4. The third-order valence-electron chi connectivity index (χ3n) is 2.38. The molecule has 84 valence electrons. The highest BCUT2D eigenvalue weighted by atomic mass is 35.5. The summed E-state index contributed by atoms with van der Waals surface area (Å²) in [6.45, 7) is 1.06. The molecule has 1 aromatic heterocycles. The molecular weight excluding hydrogens is 252 g/mol. The fourth-order valence-electron chi connectivity index (χ4n) is 1.69. The molecule has 1 aliphatic heterocycles. The van der Waals surface area contributed by atoms with Crippen molar-refractivity contribution in [1.82, 2.24) is 10.3 Å². The first-order valence-corrected chi connectivity index (χ1v) is 7.61. The van der Waals surface area contributed by atoms with Gasteiger partial charge in [-0.15, -0.1) is 11.3 Å². The zero-order valence-corrected chi connectivity index (χ0v) is 10.6. The van der Waals surface area contributed by atoms with Crippen LogP contribution in [0.5, 0.6) is 0 Å². The quantitative estimate of drug-likeness (QED) is 0.902. The lowest BCUT2D eigenvalue weighted by Crippen LogP contribution is -2.27. The fraction of sp³-hybridized carbons (Fsp3) is 0.667. The van der Waals surface area contributed by atoms with Gasteiger partial charge in [-0.3, -0.25) is 4.21 Å². The maximum Gasteiger partial charge on any atom is 0.183 e. The van der Waals surface area contributed by atoms with Gasteiger partial charge in [0.25, 0.3) is 0 Å². The lowest BCUT2D eigenvalue weighted by atomic mass is 10.3. The highest BCUT2D eigenvalue weighted by Gasteiger charge is 2.17. The molecule has 0 aromatic carbocycles. The number of hydrogen-bond donors (Lipinski definition) is 1. The summed E-state index contributed by atoms with van der Waals surface area (Å²) in [6.07, 6.45) is 4.07. The Hall–Kier alpha value is 0.0300. The molecule has 1 N–H and O–H groups in total. The topological polar surface area (TPSA) is 42.0 Å². The van der Waals surface area contributed by atoms with E-state index in [9.17, 15) is 4.21 Å². The summed E-state index contributed by atoms with van der Waals surface area (Å²) in [5.74, 6) is 1.33. The SMILES string of the molecule is O=[S@@](Cc1cnc(Cl)s1)C[C@H]1CCCN1. The first-order valence-electron chi connectivity index (χ1n) is 4.92. The molecule has 0 saturated carbocycles. The van der Waals surface area contributed by atoms with Gasteiger partial charge in [-0.2, -0.15) is 0 Å². The van der Waals surface area contributed by atoms with E-state index in [2.05, 4.69) is 10.3 Å². The van der Waals surface area contributed by atoms with E-state index >= 15 is 0 Å². The molecular formula is C9H13ClN2OS2. The van der Waals surface area contributed by atoms with Crippen LogP contribution in [-0.4, -0.2) is 27.5 Å². The van der Waals surface area contributed by atoms with Crippen molar-refractivity contribution in [2.24, 2.45) is 0 Å². The molecule has 1 fully saturated rings. The van der Waals surface area contributed by atoms with E-state index in [1.54, 1.807) is 6.20 Å². The predicted molar refractivity (Wildman–Crippen MR) is 64.9 cm³/mol. The van der Waals surface area contributed by atoms with Crippen LogP contribution in [0.4, 0.5) is 0 Å². The predicted octanol–water partition coefficient (Wildman–Crippen LogP) is 1.80. The van der Waals surface area contributed by atoms with Crippen LogP contribution in [0, 0.1) is 0 Å². The van der Waals surface area contributed by atoms with Crippen LogP contribution < -0.4 is 5.32 Å². The lowest BCUT2D eigenvalue weighted by Gasteiger charge is -2.08. The van der Waals surface area contributed by atoms with E-state index in [1.807, 2.05) is 0 Å². The largest absolute Gasteiger partial charge is 0.313 e. The second-order valence-electron chi connectivity index (χ2n) is 3.62. The number of thiazole rings is 1. The first kappa shape index (κ1) is 11.5. The summed E-state index contributed by atoms with van der Waals surface area (Å²) in [5, 5.41) is 3.35. The van der Waals surface area contributed by atoms with E-state index in [0.29, 0.717) is 16.3 Å². The first-order chi connectivity index (χ1) is 7.24. The monoisotopic (exact) mass is 264 g/mol. The Morgan fingerprint density at radius 1 is 1.73 bits per heavy atom. The zero-order chi connectivity index (χ0) is 10.7. The molecule has 0 spiro atoms. The fourth-order valence-corrected chi connectivity index (χ4v) is 4.34. The minimum absolute atomic E-state index is 0.439. The summed E-state index contributed by atoms with van der Waals surface area (Å²) < 4.78 is 12.3. The van der Waals surface area contributed by atoms with E-state index < -0.39 is 10.8 Å². The minimum atomic E-state index is -0.798. The van der Waals surface area contributed by atoms with Crippen LogP contribution in [0.1, 0.15) is 17.7 Å². The normalized spacial score (nSPS) is 23.1. The van der Waals surface area contributed by atoms with Crippen LogP contribution in [0.3, 0.4) is 0 Å². The number of nitrogens with one attached hydrogen (secondary N) is 1. The molecule has 6 heteroatoms. The Morgan fingerprint density at radius 2 is 2.60 bits per heavy atom. The summed E-state index contributed by atoms with van der Waals surface area (Å²) in [7, 11) is -0.798. The second kappa shape index (κ2) is 5.39. The van der Waals surface area contributed by atoms with Crippen molar-refractivity contribution in [3.05, 3.63) is 15.5 Å². The van der Waals surface area contributed by atoms with Crippen LogP contribution in [0.2, 0.25) is 4.47 Å². The Bertz CT molecular complexity index is 350. The molecule has 1 aromatic rings. The molecule has 3 nitrogen and oxygen atoms in total. The average molecular weight is 265 g/mol. The Morgan fingerprint density at radius 3 is 3.20 bits per heavy atom. The zero-order valence-electron chi connectivity index (χ0n) is 8.24. The molecule has 0 unspecified atom stereocenters. The summed E-state index contributed by atoms with van der Waals surface area (Å²) in [4.78, 5) is 4.95. The van der Waals surface area contributed by atoms with Crippen molar-refractivity contribution in [2.45, 2.75) is 24.6 Å². The van der Waals surface area contributed by atoms with Crippen LogP contribution in [0.15, 0.2) is 6.20 Å². The van der Waals surface area contributed by atoms with E-state index in [4.69, 9.17) is 11.6 Å². The number of nitrogens with zero attached hydrogens (tertiary/aromatic N) is 1. The van der Waals surface area contributed by atoms with Crippen molar-refractivity contribution in [3.63, 3.8) is 0 Å². The number of hydrogen-bond acceptors (Lipinski definition) is 4. The second-order valence-corrected chi connectivity index (χ2v) is 6.82. The number of aromatic nitrogens is 1. The third kappa shape index (κ3) is 3.52. The van der Waals surface area contributed by atoms with Gasteiger partial charge in [0.1, 0.15) is 0 Å². The molecule has 15 heavy (non-hydrogen) atoms. The van der Waals surface area contributed by atoms with Crippen molar-refractivity contribution in [3.8, 4) is 0 Å². The molecule has 0 radical (unpaired) electrons. The average Bonchev–Trinajstić information content (AvgIpc) is 2.77. The maximum absolute atomic E-state index is 11.8. The molecule has 2 rings (SSSR count). The molecule has 0 amide bonds. The molecule has 2 atom stereocenters.